The number of rotatable bonds is 3. The summed E-state index contributed by atoms with van der Waals surface area (Å²) >= 11 is 3.36. The second-order valence-electron chi connectivity index (χ2n) is 3.83. The standard InChI is InChI=1S/C11H17BrN2O/c1-5-8(2)14(4)11(15)10-6-9(12)7-13(10)3/h6-8H,5H2,1-4H3. The van der Waals surface area contributed by atoms with Gasteiger partial charge in [0.2, 0.25) is 0 Å². The van der Waals surface area contributed by atoms with Gasteiger partial charge in [0.25, 0.3) is 5.91 Å². The van der Waals surface area contributed by atoms with E-state index in [1.165, 1.54) is 0 Å². The van der Waals surface area contributed by atoms with Gasteiger partial charge in [0.1, 0.15) is 5.69 Å². The number of carbonyl (C=O) groups excluding carboxylic acids is 1. The molecule has 1 unspecified atom stereocenters. The number of halogens is 1. The number of aromatic nitrogens is 1. The summed E-state index contributed by atoms with van der Waals surface area (Å²) < 4.78 is 2.77. The fourth-order valence-corrected chi connectivity index (χ4v) is 1.92. The van der Waals surface area contributed by atoms with E-state index < -0.39 is 0 Å². The van der Waals surface area contributed by atoms with Crippen molar-refractivity contribution in [2.45, 2.75) is 26.3 Å². The molecule has 0 saturated carbocycles. The second kappa shape index (κ2) is 4.84. The maximum absolute atomic E-state index is 12.1. The van der Waals surface area contributed by atoms with Gasteiger partial charge in [-0.3, -0.25) is 4.79 Å². The zero-order valence-corrected chi connectivity index (χ0v) is 11.2. The minimum Gasteiger partial charge on any atom is -0.345 e. The van der Waals surface area contributed by atoms with Crippen LogP contribution in [0.5, 0.6) is 0 Å². The molecule has 1 atom stereocenters. The summed E-state index contributed by atoms with van der Waals surface area (Å²) in [6, 6.07) is 2.12. The lowest BCUT2D eigenvalue weighted by Gasteiger charge is -2.23. The van der Waals surface area contributed by atoms with Gasteiger partial charge >= 0.3 is 0 Å². The van der Waals surface area contributed by atoms with Crippen LogP contribution in [0, 0.1) is 0 Å². The average Bonchev–Trinajstić information content (AvgIpc) is 2.54. The number of hydrogen-bond donors (Lipinski definition) is 0. The van der Waals surface area contributed by atoms with Crippen LogP contribution in [0.2, 0.25) is 0 Å². The lowest BCUT2D eigenvalue weighted by atomic mass is 10.2. The first-order valence-electron chi connectivity index (χ1n) is 5.06. The summed E-state index contributed by atoms with van der Waals surface area (Å²) in [7, 11) is 3.72. The van der Waals surface area contributed by atoms with Crippen molar-refractivity contribution in [2.24, 2.45) is 7.05 Å². The number of hydrogen-bond acceptors (Lipinski definition) is 1. The summed E-state index contributed by atoms with van der Waals surface area (Å²) in [5.74, 6) is 0.0672. The zero-order valence-electron chi connectivity index (χ0n) is 9.62. The minimum atomic E-state index is 0.0672. The number of nitrogens with zero attached hydrogens (tertiary/aromatic N) is 2. The molecule has 0 saturated heterocycles. The third kappa shape index (κ3) is 2.62. The highest BCUT2D eigenvalue weighted by Crippen LogP contribution is 2.16. The van der Waals surface area contributed by atoms with Crippen LogP contribution in [0.1, 0.15) is 30.8 Å². The summed E-state index contributed by atoms with van der Waals surface area (Å²) in [6.45, 7) is 4.13. The number of amides is 1. The molecule has 0 aromatic carbocycles. The summed E-state index contributed by atoms with van der Waals surface area (Å²) in [5, 5.41) is 0. The number of carbonyl (C=O) groups is 1. The van der Waals surface area contributed by atoms with Crippen molar-refractivity contribution in [3.8, 4) is 0 Å². The molecule has 0 aliphatic carbocycles. The van der Waals surface area contributed by atoms with E-state index in [1.54, 1.807) is 4.90 Å². The van der Waals surface area contributed by atoms with Gasteiger partial charge in [-0.1, -0.05) is 6.92 Å². The Labute approximate surface area is 99.2 Å². The molecular formula is C11H17BrN2O. The molecule has 3 nitrogen and oxygen atoms in total. The largest absolute Gasteiger partial charge is 0.345 e. The van der Waals surface area contributed by atoms with E-state index >= 15 is 0 Å². The van der Waals surface area contributed by atoms with Crippen LogP contribution in [0.3, 0.4) is 0 Å². The Morgan fingerprint density at radius 2 is 2.27 bits per heavy atom. The molecule has 0 radical (unpaired) electrons. The number of aryl methyl sites for hydroxylation is 1. The molecule has 0 fully saturated rings. The van der Waals surface area contributed by atoms with Gasteiger partial charge in [0.05, 0.1) is 0 Å². The van der Waals surface area contributed by atoms with Crippen LogP contribution in [-0.2, 0) is 7.05 Å². The molecule has 1 rings (SSSR count). The Bertz CT molecular complexity index is 359. The van der Waals surface area contributed by atoms with Gasteiger partial charge in [0.15, 0.2) is 0 Å². The Kier molecular flexibility index (Phi) is 3.97. The quantitative estimate of drug-likeness (QED) is 0.831. The third-order valence-corrected chi connectivity index (χ3v) is 3.20. The predicted octanol–water partition coefficient (Wildman–Crippen LogP) is 2.66. The van der Waals surface area contributed by atoms with Crippen molar-refractivity contribution < 1.29 is 4.79 Å². The molecule has 1 aromatic rings. The van der Waals surface area contributed by atoms with E-state index in [9.17, 15) is 4.79 Å². The first-order chi connectivity index (χ1) is 6.97. The van der Waals surface area contributed by atoms with Crippen molar-refractivity contribution in [3.63, 3.8) is 0 Å². The van der Waals surface area contributed by atoms with Gasteiger partial charge < -0.3 is 9.47 Å². The predicted molar refractivity (Wildman–Crippen MR) is 65.0 cm³/mol. The molecule has 1 aromatic heterocycles. The lowest BCUT2D eigenvalue weighted by Crippen LogP contribution is -2.35. The van der Waals surface area contributed by atoms with E-state index in [1.807, 2.05) is 30.9 Å². The van der Waals surface area contributed by atoms with Crippen LogP contribution < -0.4 is 0 Å². The van der Waals surface area contributed by atoms with Crippen LogP contribution in [-0.4, -0.2) is 28.5 Å². The van der Waals surface area contributed by atoms with E-state index in [0.717, 1.165) is 10.9 Å². The van der Waals surface area contributed by atoms with Crippen molar-refractivity contribution in [1.82, 2.24) is 9.47 Å². The van der Waals surface area contributed by atoms with E-state index in [0.29, 0.717) is 5.69 Å². The first kappa shape index (κ1) is 12.3. The Hall–Kier alpha value is -0.770. The molecule has 0 bridgehead atoms. The van der Waals surface area contributed by atoms with Crippen molar-refractivity contribution in [3.05, 3.63) is 22.4 Å². The zero-order chi connectivity index (χ0) is 11.6. The van der Waals surface area contributed by atoms with Gasteiger partial charge in [-0.05, 0) is 35.3 Å². The van der Waals surface area contributed by atoms with Gasteiger partial charge in [-0.2, -0.15) is 0 Å². The SMILES string of the molecule is CCC(C)N(C)C(=O)c1cc(Br)cn1C. The monoisotopic (exact) mass is 272 g/mol. The highest BCUT2D eigenvalue weighted by Gasteiger charge is 2.18. The fourth-order valence-electron chi connectivity index (χ4n) is 1.39. The average molecular weight is 273 g/mol. The molecule has 0 N–H and O–H groups in total. The highest BCUT2D eigenvalue weighted by molar-refractivity contribution is 9.10. The van der Waals surface area contributed by atoms with E-state index in [2.05, 4.69) is 29.8 Å². The maximum Gasteiger partial charge on any atom is 0.270 e. The molecule has 0 aliphatic heterocycles. The van der Waals surface area contributed by atoms with Crippen LogP contribution >= 0.6 is 15.9 Å². The van der Waals surface area contributed by atoms with E-state index in [4.69, 9.17) is 0 Å². The second-order valence-corrected chi connectivity index (χ2v) is 4.74. The summed E-state index contributed by atoms with van der Waals surface area (Å²) in [5.41, 5.74) is 0.713. The fraction of sp³-hybridized carbons (Fsp3) is 0.545. The summed E-state index contributed by atoms with van der Waals surface area (Å²) in [6.07, 6.45) is 2.85. The molecule has 1 heterocycles. The highest BCUT2D eigenvalue weighted by atomic mass is 79.9. The topological polar surface area (TPSA) is 25.2 Å². The molecule has 15 heavy (non-hydrogen) atoms. The Morgan fingerprint density at radius 3 is 2.67 bits per heavy atom. The normalized spacial score (nSPS) is 12.6. The molecule has 4 heteroatoms. The van der Waals surface area contributed by atoms with Crippen molar-refractivity contribution in [2.75, 3.05) is 7.05 Å². The minimum absolute atomic E-state index is 0.0672. The smallest absolute Gasteiger partial charge is 0.270 e. The van der Waals surface area contributed by atoms with Gasteiger partial charge in [-0.15, -0.1) is 0 Å². The van der Waals surface area contributed by atoms with Crippen LogP contribution in [0.4, 0.5) is 0 Å². The molecule has 0 aliphatic rings. The first-order valence-corrected chi connectivity index (χ1v) is 5.85. The third-order valence-electron chi connectivity index (χ3n) is 2.76. The Morgan fingerprint density at radius 1 is 1.67 bits per heavy atom. The molecular weight excluding hydrogens is 256 g/mol. The van der Waals surface area contributed by atoms with Crippen LogP contribution in [0.15, 0.2) is 16.7 Å². The van der Waals surface area contributed by atoms with Gasteiger partial charge in [-0.25, -0.2) is 0 Å². The molecule has 84 valence electrons. The molecule has 0 spiro atoms. The van der Waals surface area contributed by atoms with Gasteiger partial charge in [0, 0.05) is 30.8 Å². The maximum atomic E-state index is 12.1. The van der Waals surface area contributed by atoms with E-state index in [-0.39, 0.29) is 11.9 Å². The molecule has 1 amide bonds. The summed E-state index contributed by atoms with van der Waals surface area (Å²) in [4.78, 5) is 13.8. The Balaban J connectivity index is 2.89. The van der Waals surface area contributed by atoms with Crippen molar-refractivity contribution >= 4 is 21.8 Å². The van der Waals surface area contributed by atoms with Crippen molar-refractivity contribution in [1.29, 1.82) is 0 Å². The lowest BCUT2D eigenvalue weighted by molar-refractivity contribution is 0.0731. The van der Waals surface area contributed by atoms with Crippen LogP contribution in [0.25, 0.3) is 0 Å².